The Balaban J connectivity index is 1.81. The van der Waals surface area contributed by atoms with Gasteiger partial charge in [-0.25, -0.2) is 4.98 Å². The van der Waals surface area contributed by atoms with Crippen molar-refractivity contribution in [2.75, 3.05) is 0 Å². The number of aromatic nitrogens is 3. The van der Waals surface area contributed by atoms with Gasteiger partial charge in [0.1, 0.15) is 17.2 Å². The number of halogens is 1. The van der Waals surface area contributed by atoms with E-state index in [9.17, 15) is 5.11 Å². The number of hydrogen-bond donors (Lipinski definition) is 1. The number of benzene rings is 1. The van der Waals surface area contributed by atoms with Crippen molar-refractivity contribution in [3.8, 4) is 40.0 Å². The van der Waals surface area contributed by atoms with E-state index >= 15 is 0 Å². The van der Waals surface area contributed by atoms with E-state index in [-0.39, 0.29) is 5.75 Å². The fourth-order valence-corrected chi connectivity index (χ4v) is 3.01. The highest BCUT2D eigenvalue weighted by Crippen LogP contribution is 2.44. The third-order valence-corrected chi connectivity index (χ3v) is 4.70. The zero-order valence-corrected chi connectivity index (χ0v) is 17.1. The summed E-state index contributed by atoms with van der Waals surface area (Å²) in [6.07, 6.45) is 4.87. The fourth-order valence-electron chi connectivity index (χ4n) is 2.89. The van der Waals surface area contributed by atoms with Crippen LogP contribution in [0.25, 0.3) is 11.1 Å². The maximum Gasteiger partial charge on any atom is 0.227 e. The maximum atomic E-state index is 10.8. The normalized spacial score (nSPS) is 10.6. The highest BCUT2D eigenvalue weighted by molar-refractivity contribution is 6.30. The molecule has 0 unspecified atom stereocenters. The Morgan fingerprint density at radius 3 is 2.30 bits per heavy atom. The van der Waals surface area contributed by atoms with Crippen molar-refractivity contribution in [2.24, 2.45) is 0 Å². The summed E-state index contributed by atoms with van der Waals surface area (Å²) in [5.41, 5.74) is 2.17. The number of rotatable bonds is 5. The number of hydrogen-bond acceptors (Lipinski definition) is 6. The number of ether oxygens (including phenoxy) is 2. The Hall–Kier alpha value is -3.64. The molecule has 0 fully saturated rings. The van der Waals surface area contributed by atoms with Crippen LogP contribution >= 0.6 is 11.6 Å². The van der Waals surface area contributed by atoms with Gasteiger partial charge in [0.25, 0.3) is 0 Å². The third kappa shape index (κ3) is 4.04. The summed E-state index contributed by atoms with van der Waals surface area (Å²) in [5, 5.41) is 11.5. The molecule has 0 atom stereocenters. The standard InChI is InChI=1S/C23H18ClN3O3/c1-14-19(6-4-11-25-14)30-20-13-27-15(2)22(28)21(20)18-5-3-12-26-23(18)29-17-9-7-16(24)8-10-17/h3-13,28H,1-2H3. The predicted octanol–water partition coefficient (Wildman–Crippen LogP) is 6.10. The van der Waals surface area contributed by atoms with Crippen LogP contribution in [0.3, 0.4) is 0 Å². The molecule has 0 aliphatic carbocycles. The lowest BCUT2D eigenvalue weighted by Gasteiger charge is -2.16. The highest BCUT2D eigenvalue weighted by atomic mass is 35.5. The number of aryl methyl sites for hydroxylation is 2. The van der Waals surface area contributed by atoms with Crippen LogP contribution in [0, 0.1) is 13.8 Å². The van der Waals surface area contributed by atoms with E-state index in [1.165, 1.54) is 0 Å². The molecule has 3 heterocycles. The molecular weight excluding hydrogens is 402 g/mol. The molecular formula is C23H18ClN3O3. The SMILES string of the molecule is Cc1ncccc1Oc1cnc(C)c(O)c1-c1cccnc1Oc1ccc(Cl)cc1. The van der Waals surface area contributed by atoms with Crippen molar-refractivity contribution >= 4 is 11.6 Å². The zero-order valence-electron chi connectivity index (χ0n) is 16.3. The largest absolute Gasteiger partial charge is 0.505 e. The lowest BCUT2D eigenvalue weighted by atomic mass is 10.0. The third-order valence-electron chi connectivity index (χ3n) is 4.45. The molecule has 0 bridgehead atoms. The number of nitrogens with zero attached hydrogens (tertiary/aromatic N) is 3. The first kappa shape index (κ1) is 19.7. The van der Waals surface area contributed by atoms with Crippen LogP contribution in [-0.2, 0) is 0 Å². The van der Waals surface area contributed by atoms with Crippen LogP contribution in [0.1, 0.15) is 11.4 Å². The van der Waals surface area contributed by atoms with Crippen molar-refractivity contribution in [3.63, 3.8) is 0 Å². The van der Waals surface area contributed by atoms with E-state index in [0.29, 0.717) is 50.7 Å². The van der Waals surface area contributed by atoms with Crippen LogP contribution in [0.4, 0.5) is 0 Å². The first-order chi connectivity index (χ1) is 14.5. The second-order valence-electron chi connectivity index (χ2n) is 6.53. The van der Waals surface area contributed by atoms with E-state index in [1.54, 1.807) is 74.0 Å². The van der Waals surface area contributed by atoms with E-state index in [2.05, 4.69) is 15.0 Å². The number of aromatic hydroxyl groups is 1. The zero-order chi connectivity index (χ0) is 21.1. The first-order valence-electron chi connectivity index (χ1n) is 9.20. The van der Waals surface area contributed by atoms with Crippen molar-refractivity contribution < 1.29 is 14.6 Å². The summed E-state index contributed by atoms with van der Waals surface area (Å²) in [6.45, 7) is 3.56. The van der Waals surface area contributed by atoms with Gasteiger partial charge in [-0.2, -0.15) is 0 Å². The van der Waals surface area contributed by atoms with Crippen LogP contribution in [0.5, 0.6) is 28.9 Å². The molecule has 3 aromatic heterocycles. The summed E-state index contributed by atoms with van der Waals surface area (Å²) >= 11 is 5.96. The fraction of sp³-hybridized carbons (Fsp3) is 0.0870. The van der Waals surface area contributed by atoms with E-state index < -0.39 is 0 Å². The van der Waals surface area contributed by atoms with Crippen molar-refractivity contribution in [3.05, 3.63) is 83.5 Å². The van der Waals surface area contributed by atoms with E-state index in [0.717, 1.165) is 0 Å². The van der Waals surface area contributed by atoms with Gasteiger partial charge in [0, 0.05) is 17.4 Å². The van der Waals surface area contributed by atoms with Gasteiger partial charge in [0.2, 0.25) is 5.88 Å². The minimum atomic E-state index is -0.0111. The first-order valence-corrected chi connectivity index (χ1v) is 9.57. The van der Waals surface area contributed by atoms with Crippen molar-refractivity contribution in [1.29, 1.82) is 0 Å². The molecule has 4 aromatic rings. The molecule has 0 saturated heterocycles. The van der Waals surface area contributed by atoms with Gasteiger partial charge in [-0.15, -0.1) is 0 Å². The molecule has 0 aliphatic heterocycles. The molecule has 0 saturated carbocycles. The summed E-state index contributed by atoms with van der Waals surface area (Å²) in [7, 11) is 0. The Morgan fingerprint density at radius 2 is 1.53 bits per heavy atom. The average molecular weight is 420 g/mol. The molecule has 0 aliphatic rings. The minimum Gasteiger partial charge on any atom is -0.505 e. The quantitative estimate of drug-likeness (QED) is 0.421. The van der Waals surface area contributed by atoms with Crippen LogP contribution in [0.15, 0.2) is 67.1 Å². The second-order valence-corrected chi connectivity index (χ2v) is 6.97. The van der Waals surface area contributed by atoms with Crippen LogP contribution < -0.4 is 9.47 Å². The molecule has 0 spiro atoms. The molecule has 4 rings (SSSR count). The Kier molecular flexibility index (Phi) is 5.50. The predicted molar refractivity (Wildman–Crippen MR) is 114 cm³/mol. The van der Waals surface area contributed by atoms with Crippen LogP contribution in [-0.4, -0.2) is 20.1 Å². The smallest absolute Gasteiger partial charge is 0.227 e. The molecule has 1 aromatic carbocycles. The Labute approximate surface area is 178 Å². The summed E-state index contributed by atoms with van der Waals surface area (Å²) in [4.78, 5) is 12.8. The van der Waals surface area contributed by atoms with Crippen molar-refractivity contribution in [1.82, 2.24) is 15.0 Å². The molecule has 30 heavy (non-hydrogen) atoms. The lowest BCUT2D eigenvalue weighted by molar-refractivity contribution is 0.443. The van der Waals surface area contributed by atoms with Gasteiger partial charge in [0.15, 0.2) is 5.75 Å². The molecule has 0 radical (unpaired) electrons. The van der Waals surface area contributed by atoms with Crippen LogP contribution in [0.2, 0.25) is 5.02 Å². The highest BCUT2D eigenvalue weighted by Gasteiger charge is 2.21. The lowest BCUT2D eigenvalue weighted by Crippen LogP contribution is -1.98. The molecule has 0 amide bonds. The van der Waals surface area contributed by atoms with Crippen molar-refractivity contribution in [2.45, 2.75) is 13.8 Å². The summed E-state index contributed by atoms with van der Waals surface area (Å²) in [5.74, 6) is 1.79. The van der Waals surface area contributed by atoms with Gasteiger partial charge >= 0.3 is 0 Å². The molecule has 1 N–H and O–H groups in total. The summed E-state index contributed by atoms with van der Waals surface area (Å²) in [6, 6.07) is 14.1. The van der Waals surface area contributed by atoms with Gasteiger partial charge in [-0.1, -0.05) is 11.6 Å². The molecule has 7 heteroatoms. The Bertz CT molecular complexity index is 1200. The Morgan fingerprint density at radius 1 is 0.800 bits per heavy atom. The van der Waals surface area contributed by atoms with E-state index in [1.807, 2.05) is 6.92 Å². The molecule has 6 nitrogen and oxygen atoms in total. The monoisotopic (exact) mass is 419 g/mol. The number of pyridine rings is 3. The molecule has 150 valence electrons. The average Bonchev–Trinajstić information content (AvgIpc) is 2.75. The second kappa shape index (κ2) is 8.39. The minimum absolute atomic E-state index is 0.0111. The van der Waals surface area contributed by atoms with E-state index in [4.69, 9.17) is 21.1 Å². The van der Waals surface area contributed by atoms with Gasteiger partial charge < -0.3 is 14.6 Å². The maximum absolute atomic E-state index is 10.8. The topological polar surface area (TPSA) is 77.4 Å². The van der Waals surface area contributed by atoms with Gasteiger partial charge in [-0.3, -0.25) is 9.97 Å². The van der Waals surface area contributed by atoms with Gasteiger partial charge in [-0.05, 0) is 62.4 Å². The van der Waals surface area contributed by atoms with Gasteiger partial charge in [0.05, 0.1) is 28.7 Å². The summed E-state index contributed by atoms with van der Waals surface area (Å²) < 4.78 is 12.0.